The van der Waals surface area contributed by atoms with E-state index in [1.54, 1.807) is 0 Å². The second-order valence-electron chi connectivity index (χ2n) is 7.53. The molecular formula is C24H28N4O3S. The molecular weight excluding hydrogens is 424 g/mol. The number of hydrogen-bond acceptors (Lipinski definition) is 6. The van der Waals surface area contributed by atoms with Crippen LogP contribution in [0.4, 0.5) is 5.69 Å². The second-order valence-corrected chi connectivity index (χ2v) is 8.47. The van der Waals surface area contributed by atoms with Gasteiger partial charge in [-0.15, -0.1) is 10.2 Å². The Balaban J connectivity index is 1.40. The Bertz CT molecular complexity index is 1100. The van der Waals surface area contributed by atoms with Gasteiger partial charge in [-0.25, -0.2) is 0 Å². The van der Waals surface area contributed by atoms with E-state index in [9.17, 15) is 4.79 Å². The summed E-state index contributed by atoms with van der Waals surface area (Å²) in [6, 6.07) is 14.0. The molecule has 1 aliphatic rings. The molecule has 1 aliphatic heterocycles. The number of anilines is 1. The van der Waals surface area contributed by atoms with Crippen LogP contribution in [0.3, 0.4) is 0 Å². The van der Waals surface area contributed by atoms with Crippen molar-refractivity contribution in [3.63, 3.8) is 0 Å². The standard InChI is InChI=1S/C24H28N4O3S/c1-4-27-22(15-31-20-11-10-17(3)14-21(20)30-5-2)25-26-24(27)32-16-23(29)28-13-12-18-8-6-7-9-19(18)28/h6-11,14H,4-5,12-13,15-16H2,1-3H3. The highest BCUT2D eigenvalue weighted by Gasteiger charge is 2.24. The van der Waals surface area contributed by atoms with Gasteiger partial charge in [0.05, 0.1) is 12.4 Å². The van der Waals surface area contributed by atoms with Crippen molar-refractivity contribution in [2.45, 2.75) is 45.5 Å². The Morgan fingerprint density at radius 2 is 1.94 bits per heavy atom. The third-order valence-electron chi connectivity index (χ3n) is 5.38. The molecule has 7 nitrogen and oxygen atoms in total. The zero-order valence-electron chi connectivity index (χ0n) is 18.7. The first-order valence-corrected chi connectivity index (χ1v) is 11.9. The number of thioether (sulfide) groups is 1. The molecule has 32 heavy (non-hydrogen) atoms. The molecule has 0 unspecified atom stereocenters. The van der Waals surface area contributed by atoms with Crippen LogP contribution in [0.5, 0.6) is 11.5 Å². The van der Waals surface area contributed by atoms with E-state index in [2.05, 4.69) is 16.3 Å². The molecule has 0 atom stereocenters. The van der Waals surface area contributed by atoms with Gasteiger partial charge in [0, 0.05) is 18.8 Å². The van der Waals surface area contributed by atoms with E-state index in [1.165, 1.54) is 17.3 Å². The van der Waals surface area contributed by atoms with E-state index in [4.69, 9.17) is 9.47 Å². The molecule has 3 aromatic rings. The number of aromatic nitrogens is 3. The predicted molar refractivity (Wildman–Crippen MR) is 126 cm³/mol. The van der Waals surface area contributed by atoms with E-state index in [-0.39, 0.29) is 12.5 Å². The lowest BCUT2D eigenvalue weighted by atomic mass is 10.2. The summed E-state index contributed by atoms with van der Waals surface area (Å²) in [4.78, 5) is 14.7. The summed E-state index contributed by atoms with van der Waals surface area (Å²) in [5, 5.41) is 9.34. The number of para-hydroxylation sites is 1. The van der Waals surface area contributed by atoms with Crippen molar-refractivity contribution < 1.29 is 14.3 Å². The SMILES string of the molecule is CCOc1cc(C)ccc1OCc1nnc(SCC(=O)N2CCc3ccccc32)n1CC. The molecule has 2 heterocycles. The fourth-order valence-electron chi connectivity index (χ4n) is 3.80. The molecule has 0 aliphatic carbocycles. The summed E-state index contributed by atoms with van der Waals surface area (Å²) in [6.07, 6.45) is 0.905. The number of hydrogen-bond donors (Lipinski definition) is 0. The molecule has 8 heteroatoms. The summed E-state index contributed by atoms with van der Waals surface area (Å²) in [7, 11) is 0. The van der Waals surface area contributed by atoms with Crippen molar-refractivity contribution >= 4 is 23.4 Å². The van der Waals surface area contributed by atoms with Gasteiger partial charge in [0.15, 0.2) is 22.5 Å². The maximum absolute atomic E-state index is 12.8. The van der Waals surface area contributed by atoms with Crippen molar-refractivity contribution in [1.82, 2.24) is 14.8 Å². The molecule has 2 aromatic carbocycles. The van der Waals surface area contributed by atoms with Crippen LogP contribution in [0.1, 0.15) is 30.8 Å². The highest BCUT2D eigenvalue weighted by atomic mass is 32.2. The highest BCUT2D eigenvalue weighted by molar-refractivity contribution is 7.99. The summed E-state index contributed by atoms with van der Waals surface area (Å²) in [5.74, 6) is 2.53. The quantitative estimate of drug-likeness (QED) is 0.452. The van der Waals surface area contributed by atoms with E-state index < -0.39 is 0 Å². The Kier molecular flexibility index (Phi) is 6.99. The van der Waals surface area contributed by atoms with E-state index in [1.807, 2.05) is 66.6 Å². The first kappa shape index (κ1) is 22.2. The van der Waals surface area contributed by atoms with Gasteiger partial charge in [-0.1, -0.05) is 36.0 Å². The highest BCUT2D eigenvalue weighted by Crippen LogP contribution is 2.30. The summed E-state index contributed by atoms with van der Waals surface area (Å²) >= 11 is 1.41. The Labute approximate surface area is 192 Å². The van der Waals surface area contributed by atoms with Crippen LogP contribution < -0.4 is 14.4 Å². The topological polar surface area (TPSA) is 69.5 Å². The number of rotatable bonds is 9. The van der Waals surface area contributed by atoms with Crippen LogP contribution in [0.25, 0.3) is 0 Å². The summed E-state index contributed by atoms with van der Waals surface area (Å²) in [6.45, 7) is 8.28. The van der Waals surface area contributed by atoms with Crippen LogP contribution in [0, 0.1) is 6.92 Å². The van der Waals surface area contributed by atoms with Crippen molar-refractivity contribution in [3.05, 3.63) is 59.4 Å². The van der Waals surface area contributed by atoms with Crippen LogP contribution in [-0.4, -0.2) is 39.6 Å². The fourth-order valence-corrected chi connectivity index (χ4v) is 4.69. The number of ether oxygens (including phenoxy) is 2. The van der Waals surface area contributed by atoms with Crippen LogP contribution in [0.2, 0.25) is 0 Å². The molecule has 4 rings (SSSR count). The lowest BCUT2D eigenvalue weighted by molar-refractivity contribution is -0.116. The lowest BCUT2D eigenvalue weighted by Gasteiger charge is -2.17. The molecule has 1 aromatic heterocycles. The first-order valence-electron chi connectivity index (χ1n) is 10.9. The Hall–Kier alpha value is -3.00. The van der Waals surface area contributed by atoms with Gasteiger partial charge in [-0.3, -0.25) is 4.79 Å². The number of nitrogens with zero attached hydrogens (tertiary/aromatic N) is 4. The largest absolute Gasteiger partial charge is 0.490 e. The van der Waals surface area contributed by atoms with Crippen LogP contribution >= 0.6 is 11.8 Å². The average Bonchev–Trinajstić information content (AvgIpc) is 3.41. The lowest BCUT2D eigenvalue weighted by Crippen LogP contribution is -2.30. The minimum Gasteiger partial charge on any atom is -0.490 e. The predicted octanol–water partition coefficient (Wildman–Crippen LogP) is 4.27. The maximum atomic E-state index is 12.8. The first-order chi connectivity index (χ1) is 15.6. The van der Waals surface area contributed by atoms with Gasteiger partial charge in [-0.2, -0.15) is 0 Å². The third kappa shape index (κ3) is 4.75. The molecule has 1 amide bonds. The Morgan fingerprint density at radius 1 is 1.09 bits per heavy atom. The Morgan fingerprint density at radius 3 is 2.75 bits per heavy atom. The maximum Gasteiger partial charge on any atom is 0.237 e. The van der Waals surface area contributed by atoms with Gasteiger partial charge >= 0.3 is 0 Å². The van der Waals surface area contributed by atoms with Crippen LogP contribution in [0.15, 0.2) is 47.6 Å². The van der Waals surface area contributed by atoms with Gasteiger partial charge in [0.1, 0.15) is 6.61 Å². The molecule has 168 valence electrons. The minimum absolute atomic E-state index is 0.0874. The number of fused-ring (bicyclic) bond motifs is 1. The fraction of sp³-hybridized carbons (Fsp3) is 0.375. The molecule has 0 saturated heterocycles. The van der Waals surface area contributed by atoms with Crippen LogP contribution in [-0.2, 0) is 24.4 Å². The smallest absolute Gasteiger partial charge is 0.237 e. The van der Waals surface area contributed by atoms with Gasteiger partial charge in [0.2, 0.25) is 5.91 Å². The van der Waals surface area contributed by atoms with E-state index in [0.717, 1.165) is 40.9 Å². The molecule has 0 fully saturated rings. The summed E-state index contributed by atoms with van der Waals surface area (Å²) in [5.41, 5.74) is 3.36. The minimum atomic E-state index is 0.0874. The van der Waals surface area contributed by atoms with E-state index in [0.29, 0.717) is 24.7 Å². The van der Waals surface area contributed by atoms with Gasteiger partial charge in [0.25, 0.3) is 0 Å². The van der Waals surface area contributed by atoms with Gasteiger partial charge in [-0.05, 0) is 56.5 Å². The number of carbonyl (C=O) groups excluding carboxylic acids is 1. The van der Waals surface area contributed by atoms with Crippen molar-refractivity contribution in [1.29, 1.82) is 0 Å². The van der Waals surface area contributed by atoms with Gasteiger partial charge < -0.3 is 18.9 Å². The molecule has 0 spiro atoms. The molecule has 0 bridgehead atoms. The number of carbonyl (C=O) groups is 1. The second kappa shape index (κ2) is 10.1. The van der Waals surface area contributed by atoms with Crippen molar-refractivity contribution in [2.75, 3.05) is 23.8 Å². The van der Waals surface area contributed by atoms with Crippen molar-refractivity contribution in [3.8, 4) is 11.5 Å². The monoisotopic (exact) mass is 452 g/mol. The zero-order valence-corrected chi connectivity index (χ0v) is 19.5. The van der Waals surface area contributed by atoms with E-state index >= 15 is 0 Å². The molecule has 0 saturated carbocycles. The number of aryl methyl sites for hydroxylation is 1. The number of benzene rings is 2. The average molecular weight is 453 g/mol. The normalized spacial score (nSPS) is 12.7. The van der Waals surface area contributed by atoms with Crippen molar-refractivity contribution in [2.24, 2.45) is 0 Å². The zero-order chi connectivity index (χ0) is 22.5. The third-order valence-corrected chi connectivity index (χ3v) is 6.33. The molecule has 0 radical (unpaired) electrons. The molecule has 0 N–H and O–H groups in total. The summed E-state index contributed by atoms with van der Waals surface area (Å²) < 4.78 is 13.7. The number of amides is 1.